The quantitative estimate of drug-likeness (QED) is 0.910. The number of carbonyl (C=O) groups is 1. The van der Waals surface area contributed by atoms with E-state index in [2.05, 4.69) is 11.1 Å². The molecule has 0 aliphatic carbocycles. The number of benzene rings is 1. The van der Waals surface area contributed by atoms with E-state index in [9.17, 15) is 4.79 Å². The van der Waals surface area contributed by atoms with Crippen LogP contribution < -0.4 is 4.74 Å². The lowest BCUT2D eigenvalue weighted by Crippen LogP contribution is -2.02. The summed E-state index contributed by atoms with van der Waals surface area (Å²) in [5.74, 6) is -0.521. The minimum Gasteiger partial charge on any atom is -0.476 e. The van der Waals surface area contributed by atoms with Gasteiger partial charge in [-0.05, 0) is 42.8 Å². The highest BCUT2D eigenvalue weighted by Gasteiger charge is 2.13. The lowest BCUT2D eigenvalue weighted by atomic mass is 10.1. The predicted molar refractivity (Wildman–Crippen MR) is 67.2 cm³/mol. The highest BCUT2D eigenvalue weighted by atomic mass is 16.5. The number of nitrogens with zero attached hydrogens (tertiary/aromatic N) is 2. The molecule has 0 unspecified atom stereocenters. The molecule has 0 bridgehead atoms. The van der Waals surface area contributed by atoms with Gasteiger partial charge in [0.25, 0.3) is 0 Å². The second kappa shape index (κ2) is 5.19. The first-order valence-corrected chi connectivity index (χ1v) is 5.48. The summed E-state index contributed by atoms with van der Waals surface area (Å²) >= 11 is 0. The SMILES string of the molecule is Cc1cc(Oc2cccnc2C(=O)O)ccc1C#N. The number of aromatic nitrogens is 1. The minimum absolute atomic E-state index is 0.149. The number of hydrogen-bond donors (Lipinski definition) is 1. The first kappa shape index (κ1) is 12.6. The average Bonchev–Trinajstić information content (AvgIpc) is 2.39. The number of aryl methyl sites for hydroxylation is 1. The summed E-state index contributed by atoms with van der Waals surface area (Å²) in [4.78, 5) is 14.7. The van der Waals surface area contributed by atoms with Crippen molar-refractivity contribution < 1.29 is 14.6 Å². The van der Waals surface area contributed by atoms with Crippen LogP contribution in [0.1, 0.15) is 21.6 Å². The third-order valence-electron chi connectivity index (χ3n) is 2.52. The zero-order valence-electron chi connectivity index (χ0n) is 10.1. The number of rotatable bonds is 3. The van der Waals surface area contributed by atoms with Crippen LogP contribution in [0.25, 0.3) is 0 Å². The van der Waals surface area contributed by atoms with Crippen LogP contribution in [0.15, 0.2) is 36.5 Å². The Morgan fingerprint density at radius 1 is 1.42 bits per heavy atom. The molecule has 0 amide bonds. The molecule has 19 heavy (non-hydrogen) atoms. The number of nitriles is 1. The van der Waals surface area contributed by atoms with E-state index in [0.29, 0.717) is 11.3 Å². The van der Waals surface area contributed by atoms with Gasteiger partial charge in [0, 0.05) is 6.20 Å². The van der Waals surface area contributed by atoms with Gasteiger partial charge in [-0.15, -0.1) is 0 Å². The van der Waals surface area contributed by atoms with Gasteiger partial charge < -0.3 is 9.84 Å². The van der Waals surface area contributed by atoms with E-state index >= 15 is 0 Å². The molecule has 1 aromatic carbocycles. The van der Waals surface area contributed by atoms with Gasteiger partial charge in [-0.2, -0.15) is 5.26 Å². The Kier molecular flexibility index (Phi) is 3.44. The molecule has 0 aliphatic rings. The second-order valence-corrected chi connectivity index (χ2v) is 3.85. The van der Waals surface area contributed by atoms with Crippen molar-refractivity contribution in [3.05, 3.63) is 53.3 Å². The number of ether oxygens (including phenoxy) is 1. The van der Waals surface area contributed by atoms with E-state index in [1.807, 2.05) is 0 Å². The van der Waals surface area contributed by atoms with E-state index in [1.54, 1.807) is 31.2 Å². The molecule has 0 fully saturated rings. The van der Waals surface area contributed by atoms with Crippen molar-refractivity contribution in [2.24, 2.45) is 0 Å². The van der Waals surface area contributed by atoms with E-state index in [0.717, 1.165) is 5.56 Å². The second-order valence-electron chi connectivity index (χ2n) is 3.85. The number of aromatic carboxylic acids is 1. The van der Waals surface area contributed by atoms with Crippen LogP contribution in [0.3, 0.4) is 0 Å². The normalized spacial score (nSPS) is 9.68. The molecule has 5 nitrogen and oxygen atoms in total. The van der Waals surface area contributed by atoms with Crippen molar-refractivity contribution >= 4 is 5.97 Å². The molecule has 0 saturated heterocycles. The van der Waals surface area contributed by atoms with Crippen LogP contribution in [0, 0.1) is 18.3 Å². The van der Waals surface area contributed by atoms with Gasteiger partial charge in [0.2, 0.25) is 0 Å². The molecule has 2 rings (SSSR count). The molecule has 0 spiro atoms. The van der Waals surface area contributed by atoms with Crippen LogP contribution in [-0.4, -0.2) is 16.1 Å². The van der Waals surface area contributed by atoms with Gasteiger partial charge >= 0.3 is 5.97 Å². The van der Waals surface area contributed by atoms with E-state index in [-0.39, 0.29) is 11.4 Å². The van der Waals surface area contributed by atoms with Crippen LogP contribution >= 0.6 is 0 Å². The molecule has 0 atom stereocenters. The van der Waals surface area contributed by atoms with Crippen LogP contribution in [0.5, 0.6) is 11.5 Å². The fourth-order valence-corrected chi connectivity index (χ4v) is 1.59. The summed E-state index contributed by atoms with van der Waals surface area (Å²) in [5.41, 5.74) is 1.17. The molecule has 5 heteroatoms. The van der Waals surface area contributed by atoms with Crippen molar-refractivity contribution in [3.8, 4) is 17.6 Å². The van der Waals surface area contributed by atoms with Crippen molar-refractivity contribution in [2.75, 3.05) is 0 Å². The third kappa shape index (κ3) is 2.69. The largest absolute Gasteiger partial charge is 0.476 e. The standard InChI is InChI=1S/C14H10N2O3/c1-9-7-11(5-4-10(9)8-15)19-12-3-2-6-16-13(12)14(17)18/h2-7H,1H3,(H,17,18). The zero-order valence-corrected chi connectivity index (χ0v) is 10.1. The molecule has 1 N–H and O–H groups in total. The van der Waals surface area contributed by atoms with Crippen LogP contribution in [0.2, 0.25) is 0 Å². The molecule has 0 saturated carbocycles. The molecule has 94 valence electrons. The maximum atomic E-state index is 11.0. The Morgan fingerprint density at radius 2 is 2.21 bits per heavy atom. The van der Waals surface area contributed by atoms with Gasteiger partial charge in [0.1, 0.15) is 5.75 Å². The van der Waals surface area contributed by atoms with Crippen molar-refractivity contribution in [3.63, 3.8) is 0 Å². The highest BCUT2D eigenvalue weighted by Crippen LogP contribution is 2.25. The summed E-state index contributed by atoms with van der Waals surface area (Å²) in [5, 5.41) is 17.8. The maximum absolute atomic E-state index is 11.0. The first-order valence-electron chi connectivity index (χ1n) is 5.48. The molecule has 1 heterocycles. The van der Waals surface area contributed by atoms with E-state index in [4.69, 9.17) is 15.1 Å². The lowest BCUT2D eigenvalue weighted by Gasteiger charge is -2.08. The molecule has 1 aromatic heterocycles. The molecule has 0 aliphatic heterocycles. The molecular weight excluding hydrogens is 244 g/mol. The van der Waals surface area contributed by atoms with Crippen molar-refractivity contribution in [2.45, 2.75) is 6.92 Å². The van der Waals surface area contributed by atoms with E-state index < -0.39 is 5.97 Å². The third-order valence-corrected chi connectivity index (χ3v) is 2.52. The Bertz CT molecular complexity index is 675. The number of carboxylic acids is 1. The molecule has 0 radical (unpaired) electrons. The topological polar surface area (TPSA) is 83.2 Å². The summed E-state index contributed by atoms with van der Waals surface area (Å²) in [6, 6.07) is 10.1. The van der Waals surface area contributed by atoms with Gasteiger partial charge in [-0.3, -0.25) is 0 Å². The fourth-order valence-electron chi connectivity index (χ4n) is 1.59. The van der Waals surface area contributed by atoms with Gasteiger partial charge in [0.05, 0.1) is 11.6 Å². The Labute approximate surface area is 109 Å². The smallest absolute Gasteiger partial charge is 0.358 e. The number of pyridine rings is 1. The Hall–Kier alpha value is -2.87. The maximum Gasteiger partial charge on any atom is 0.358 e. The van der Waals surface area contributed by atoms with Crippen molar-refractivity contribution in [1.29, 1.82) is 5.26 Å². The predicted octanol–water partition coefficient (Wildman–Crippen LogP) is 2.75. The molecule has 2 aromatic rings. The Balaban J connectivity index is 2.34. The highest BCUT2D eigenvalue weighted by molar-refractivity contribution is 5.88. The first-order chi connectivity index (χ1) is 9.11. The zero-order chi connectivity index (χ0) is 13.8. The van der Waals surface area contributed by atoms with Gasteiger partial charge in [0.15, 0.2) is 11.4 Å². The Morgan fingerprint density at radius 3 is 2.84 bits per heavy atom. The summed E-state index contributed by atoms with van der Waals surface area (Å²) < 4.78 is 5.50. The summed E-state index contributed by atoms with van der Waals surface area (Å²) in [6.45, 7) is 1.78. The average molecular weight is 254 g/mol. The van der Waals surface area contributed by atoms with Gasteiger partial charge in [-0.1, -0.05) is 0 Å². The van der Waals surface area contributed by atoms with Crippen LogP contribution in [-0.2, 0) is 0 Å². The monoisotopic (exact) mass is 254 g/mol. The van der Waals surface area contributed by atoms with Crippen LogP contribution in [0.4, 0.5) is 0 Å². The van der Waals surface area contributed by atoms with Crippen molar-refractivity contribution in [1.82, 2.24) is 4.98 Å². The minimum atomic E-state index is -1.15. The summed E-state index contributed by atoms with van der Waals surface area (Å²) in [7, 11) is 0. The molecular formula is C14H10N2O3. The van der Waals surface area contributed by atoms with Gasteiger partial charge in [-0.25, -0.2) is 9.78 Å². The number of carboxylic acid groups (broad SMARTS) is 1. The fraction of sp³-hybridized carbons (Fsp3) is 0.0714. The van der Waals surface area contributed by atoms with E-state index in [1.165, 1.54) is 12.3 Å². The number of hydrogen-bond acceptors (Lipinski definition) is 4. The lowest BCUT2D eigenvalue weighted by molar-refractivity contribution is 0.0687. The summed E-state index contributed by atoms with van der Waals surface area (Å²) in [6.07, 6.45) is 1.39.